The van der Waals surface area contributed by atoms with Gasteiger partial charge in [0.1, 0.15) is 5.75 Å². The minimum atomic E-state index is -7.37. The van der Waals surface area contributed by atoms with Crippen LogP contribution in [0.25, 0.3) is 10.8 Å². The Bertz CT molecular complexity index is 1270. The van der Waals surface area contributed by atoms with Crippen LogP contribution in [0.1, 0.15) is 37.5 Å². The van der Waals surface area contributed by atoms with Crippen LogP contribution in [0.15, 0.2) is 36.4 Å². The lowest BCUT2D eigenvalue weighted by atomic mass is 9.99. The maximum atomic E-state index is 12.2. The van der Waals surface area contributed by atoms with Crippen molar-refractivity contribution in [2.45, 2.75) is 61.3 Å². The molecule has 2 aromatic carbocycles. The molecule has 3 rings (SSSR count). The molecule has 1 fully saturated rings. The average molecular weight is 617 g/mol. The molecule has 220 valence electrons. The lowest BCUT2D eigenvalue weighted by Crippen LogP contribution is -2.63. The Balaban J connectivity index is 0.000000285. The number of carbonyl (C=O) groups excluding carboxylic acids is 1. The van der Waals surface area contributed by atoms with Crippen molar-refractivity contribution >= 4 is 38.8 Å². The highest BCUT2D eigenvalue weighted by Crippen LogP contribution is 2.54. The van der Waals surface area contributed by atoms with E-state index < -0.39 is 39.5 Å². The maximum Gasteiger partial charge on any atom is 0.514 e. The van der Waals surface area contributed by atoms with E-state index in [1.807, 2.05) is 36.0 Å². The highest BCUT2D eigenvalue weighted by atomic mass is 32.2. The Hall–Kier alpha value is -2.40. The zero-order valence-electron chi connectivity index (χ0n) is 19.9. The fourth-order valence-corrected chi connectivity index (χ4v) is 5.10. The second kappa shape index (κ2) is 11.6. The number of hydrogen-bond acceptors (Lipinski definition) is 6. The lowest BCUT2D eigenvalue weighted by Gasteiger charge is -2.31. The van der Waals surface area contributed by atoms with Gasteiger partial charge in [0.15, 0.2) is 0 Å². The quantitative estimate of drug-likeness (QED) is 0.155. The van der Waals surface area contributed by atoms with Crippen molar-refractivity contribution < 1.29 is 66.8 Å². The van der Waals surface area contributed by atoms with Crippen molar-refractivity contribution in [3.8, 4) is 5.75 Å². The molecule has 17 heteroatoms. The standard InChI is InChI=1S/C18H20O3S.C4HF9O3S/c1-12(2)20-18(19)21-16-10-9-15(17-8-5-11-22-17)13-6-3-4-7-14(13)16;5-1(6,3(9,10)11)2(7,8)4(12,13)17(14,15)16/h3-4,6-7,9-10,12,17H,5,8,11H2,1-2H3;(H,14,15,16). The Morgan fingerprint density at radius 3 is 1.97 bits per heavy atom. The molecule has 39 heavy (non-hydrogen) atoms. The third-order valence-corrected chi connectivity index (χ3v) is 7.48. The van der Waals surface area contributed by atoms with E-state index in [1.54, 1.807) is 13.8 Å². The summed E-state index contributed by atoms with van der Waals surface area (Å²) in [7, 11) is -7.17. The molecule has 1 aliphatic rings. The van der Waals surface area contributed by atoms with Crippen LogP contribution in [0.3, 0.4) is 0 Å². The summed E-state index contributed by atoms with van der Waals surface area (Å²) in [5, 5.41) is -4.33. The molecule has 2 aromatic rings. The van der Waals surface area contributed by atoms with Gasteiger partial charge in [0.25, 0.3) is 0 Å². The Kier molecular flexibility index (Phi) is 9.76. The first-order chi connectivity index (χ1) is 17.6. The van der Waals surface area contributed by atoms with Gasteiger partial charge in [0.2, 0.25) is 0 Å². The van der Waals surface area contributed by atoms with Gasteiger partial charge in [0.05, 0.1) is 6.10 Å². The monoisotopic (exact) mass is 616 g/mol. The number of alkyl halides is 9. The molecule has 1 atom stereocenters. The molecule has 0 saturated carbocycles. The van der Waals surface area contributed by atoms with E-state index >= 15 is 0 Å². The summed E-state index contributed by atoms with van der Waals surface area (Å²) < 4.78 is 144. The number of halogens is 9. The van der Waals surface area contributed by atoms with Crippen LogP contribution in [-0.4, -0.2) is 54.3 Å². The molecular formula is C22H21F9O6S2. The molecule has 1 heterocycles. The number of hydrogen-bond donors (Lipinski definition) is 1. The van der Waals surface area contributed by atoms with Crippen LogP contribution in [0.4, 0.5) is 44.3 Å². The predicted molar refractivity (Wildman–Crippen MR) is 123 cm³/mol. The number of benzene rings is 2. The van der Waals surface area contributed by atoms with Gasteiger partial charge in [-0.3, -0.25) is 4.55 Å². The van der Waals surface area contributed by atoms with Crippen LogP contribution >= 0.6 is 11.8 Å². The lowest BCUT2D eigenvalue weighted by molar-refractivity contribution is -0.382. The molecular weight excluding hydrogens is 595 g/mol. The second-order valence-electron chi connectivity index (χ2n) is 8.36. The van der Waals surface area contributed by atoms with Crippen molar-refractivity contribution in [1.29, 1.82) is 0 Å². The molecule has 0 amide bonds. The topological polar surface area (TPSA) is 89.9 Å². The summed E-state index contributed by atoms with van der Waals surface area (Å²) in [5.41, 5.74) is 1.34. The van der Waals surface area contributed by atoms with E-state index in [2.05, 4.69) is 12.1 Å². The molecule has 1 aliphatic heterocycles. The average Bonchev–Trinajstić information content (AvgIpc) is 3.32. The molecule has 0 aromatic heterocycles. The van der Waals surface area contributed by atoms with Crippen LogP contribution in [0.2, 0.25) is 0 Å². The highest BCUT2D eigenvalue weighted by molar-refractivity contribution is 7.99. The molecule has 1 unspecified atom stereocenters. The number of carbonyl (C=O) groups is 1. The molecule has 6 nitrogen and oxygen atoms in total. The third kappa shape index (κ3) is 6.85. The normalized spacial score (nSPS) is 17.1. The van der Waals surface area contributed by atoms with E-state index in [4.69, 9.17) is 14.0 Å². The minimum absolute atomic E-state index is 0.187. The Morgan fingerprint density at radius 1 is 0.949 bits per heavy atom. The fraction of sp³-hybridized carbons (Fsp3) is 0.500. The van der Waals surface area contributed by atoms with Crippen molar-refractivity contribution in [2.75, 3.05) is 5.75 Å². The van der Waals surface area contributed by atoms with E-state index in [-0.39, 0.29) is 6.10 Å². The summed E-state index contributed by atoms with van der Waals surface area (Å²) in [6.07, 6.45) is -5.49. The summed E-state index contributed by atoms with van der Waals surface area (Å²) in [4.78, 5) is 11.8. The second-order valence-corrected chi connectivity index (χ2v) is 11.1. The van der Waals surface area contributed by atoms with Crippen molar-refractivity contribution in [3.63, 3.8) is 0 Å². The van der Waals surface area contributed by atoms with Gasteiger partial charge in [-0.1, -0.05) is 30.3 Å². The predicted octanol–water partition coefficient (Wildman–Crippen LogP) is 7.63. The molecule has 1 N–H and O–H groups in total. The van der Waals surface area contributed by atoms with Gasteiger partial charge in [-0.15, -0.1) is 0 Å². The Labute approximate surface area is 220 Å². The van der Waals surface area contributed by atoms with E-state index in [0.717, 1.165) is 10.8 Å². The van der Waals surface area contributed by atoms with E-state index in [1.165, 1.54) is 24.2 Å². The highest BCUT2D eigenvalue weighted by Gasteiger charge is 2.85. The maximum absolute atomic E-state index is 12.2. The zero-order valence-corrected chi connectivity index (χ0v) is 21.6. The largest absolute Gasteiger partial charge is 0.514 e. The third-order valence-electron chi connectivity index (χ3n) is 5.16. The number of thioether (sulfide) groups is 1. The van der Waals surface area contributed by atoms with Crippen LogP contribution < -0.4 is 4.74 Å². The van der Waals surface area contributed by atoms with Crippen LogP contribution in [-0.2, 0) is 14.9 Å². The molecule has 0 radical (unpaired) electrons. The first-order valence-corrected chi connectivity index (χ1v) is 13.3. The van der Waals surface area contributed by atoms with Crippen molar-refractivity contribution in [2.24, 2.45) is 0 Å². The summed E-state index contributed by atoms with van der Waals surface area (Å²) >= 11 is 2.01. The summed E-state index contributed by atoms with van der Waals surface area (Å²) in [6.45, 7) is 3.61. The number of ether oxygens (including phenoxy) is 2. The SMILES string of the molecule is CC(C)OC(=O)Oc1ccc(C2CCCS2)c2ccccc12.O=S(=O)(O)C(F)(F)C(F)(F)C(F)(F)C(F)(F)F. The van der Waals surface area contributed by atoms with Gasteiger partial charge in [-0.25, -0.2) is 4.79 Å². The van der Waals surface area contributed by atoms with Crippen molar-refractivity contribution in [3.05, 3.63) is 42.0 Å². The van der Waals surface area contributed by atoms with Gasteiger partial charge in [-0.05, 0) is 49.5 Å². The fourth-order valence-electron chi connectivity index (χ4n) is 3.32. The first-order valence-electron chi connectivity index (χ1n) is 10.8. The van der Waals surface area contributed by atoms with Gasteiger partial charge in [0, 0.05) is 10.6 Å². The van der Waals surface area contributed by atoms with Crippen LogP contribution in [0.5, 0.6) is 5.75 Å². The Morgan fingerprint density at radius 2 is 1.51 bits per heavy atom. The van der Waals surface area contributed by atoms with Crippen LogP contribution in [0, 0.1) is 0 Å². The van der Waals surface area contributed by atoms with E-state index in [9.17, 15) is 52.7 Å². The van der Waals surface area contributed by atoms with Gasteiger partial charge in [-0.2, -0.15) is 59.7 Å². The smallest absolute Gasteiger partial charge is 0.431 e. The zero-order chi connectivity index (χ0) is 30.0. The van der Waals surface area contributed by atoms with E-state index in [0.29, 0.717) is 11.0 Å². The van der Waals surface area contributed by atoms with Gasteiger partial charge >= 0.3 is 39.5 Å². The minimum Gasteiger partial charge on any atom is -0.431 e. The molecule has 0 bridgehead atoms. The first kappa shape index (κ1) is 32.8. The molecule has 1 saturated heterocycles. The molecule has 0 spiro atoms. The summed E-state index contributed by atoms with van der Waals surface area (Å²) in [5.74, 6) is -12.9. The summed E-state index contributed by atoms with van der Waals surface area (Å²) in [6, 6.07) is 12.1. The number of fused-ring (bicyclic) bond motifs is 1. The number of rotatable bonds is 6. The molecule has 0 aliphatic carbocycles. The van der Waals surface area contributed by atoms with Gasteiger partial charge < -0.3 is 9.47 Å². The van der Waals surface area contributed by atoms with Crippen molar-refractivity contribution in [1.82, 2.24) is 0 Å².